The molecule has 3 rings (SSSR count). The minimum Gasteiger partial charge on any atom is -0.497 e. The first-order valence-electron chi connectivity index (χ1n) is 9.65. The predicted molar refractivity (Wildman–Crippen MR) is 121 cm³/mol. The highest BCUT2D eigenvalue weighted by atomic mass is 32.2. The summed E-state index contributed by atoms with van der Waals surface area (Å²) in [5.74, 6) is -0.536. The van der Waals surface area contributed by atoms with Gasteiger partial charge in [0.15, 0.2) is 20.9 Å². The van der Waals surface area contributed by atoms with Gasteiger partial charge in [0, 0.05) is 17.8 Å². The summed E-state index contributed by atoms with van der Waals surface area (Å²) in [6.45, 7) is 1.36. The fourth-order valence-corrected chi connectivity index (χ4v) is 5.35. The van der Waals surface area contributed by atoms with Crippen LogP contribution in [0.2, 0.25) is 0 Å². The van der Waals surface area contributed by atoms with Crippen molar-refractivity contribution in [2.24, 2.45) is 0 Å². The van der Waals surface area contributed by atoms with Gasteiger partial charge in [-0.05, 0) is 43.3 Å². The zero-order chi connectivity index (χ0) is 23.3. The number of thioether (sulfide) groups is 1. The van der Waals surface area contributed by atoms with Gasteiger partial charge in [-0.3, -0.25) is 19.7 Å². The lowest BCUT2D eigenvalue weighted by molar-refractivity contribution is -0.122. The van der Waals surface area contributed by atoms with Gasteiger partial charge in [0.05, 0.1) is 17.8 Å². The Morgan fingerprint density at radius 2 is 1.91 bits per heavy atom. The Labute approximate surface area is 190 Å². The molecule has 2 aromatic carbocycles. The van der Waals surface area contributed by atoms with Crippen molar-refractivity contribution in [3.8, 4) is 5.75 Å². The third-order valence-corrected chi connectivity index (χ3v) is 7.86. The van der Waals surface area contributed by atoms with E-state index in [2.05, 4.69) is 16.0 Å². The second-order valence-corrected chi connectivity index (χ2v) is 10.2. The average molecular weight is 478 g/mol. The Hall–Kier alpha value is -2.89. The van der Waals surface area contributed by atoms with Crippen LogP contribution in [0.25, 0.3) is 0 Å². The minimum absolute atomic E-state index is 0.0120. The smallest absolute Gasteiger partial charge is 0.241 e. The molecular formula is C21H23N3O6S2. The van der Waals surface area contributed by atoms with E-state index in [0.717, 1.165) is 11.8 Å². The van der Waals surface area contributed by atoms with Crippen LogP contribution >= 0.6 is 11.8 Å². The summed E-state index contributed by atoms with van der Waals surface area (Å²) in [4.78, 5) is 36.2. The van der Waals surface area contributed by atoms with Gasteiger partial charge < -0.3 is 15.4 Å². The number of benzene rings is 2. The maximum atomic E-state index is 12.8. The summed E-state index contributed by atoms with van der Waals surface area (Å²) in [5, 5.41) is 6.95. The van der Waals surface area contributed by atoms with E-state index in [-0.39, 0.29) is 28.9 Å². The predicted octanol–water partition coefficient (Wildman–Crippen LogP) is 1.41. The van der Waals surface area contributed by atoms with Crippen molar-refractivity contribution in [1.29, 1.82) is 0 Å². The van der Waals surface area contributed by atoms with Crippen LogP contribution in [-0.2, 0) is 19.4 Å². The lowest BCUT2D eigenvalue weighted by Gasteiger charge is -2.29. The Morgan fingerprint density at radius 3 is 2.53 bits per heavy atom. The maximum absolute atomic E-state index is 12.8. The van der Waals surface area contributed by atoms with Crippen LogP contribution in [0.4, 0.5) is 5.69 Å². The first-order valence-corrected chi connectivity index (χ1v) is 12.2. The number of anilines is 1. The average Bonchev–Trinajstić information content (AvgIpc) is 2.77. The highest BCUT2D eigenvalue weighted by Gasteiger charge is 2.38. The maximum Gasteiger partial charge on any atom is 0.241 e. The lowest BCUT2D eigenvalue weighted by atomic mass is 10.1. The molecule has 0 saturated carbocycles. The summed E-state index contributed by atoms with van der Waals surface area (Å²) >= 11 is 1.12. The number of ketones is 1. The number of ether oxygens (including phenoxy) is 1. The van der Waals surface area contributed by atoms with E-state index in [1.807, 2.05) is 0 Å². The molecule has 2 unspecified atom stereocenters. The normalized spacial score (nSPS) is 18.5. The van der Waals surface area contributed by atoms with E-state index in [0.29, 0.717) is 17.0 Å². The second-order valence-electron chi connectivity index (χ2n) is 7.00. The van der Waals surface area contributed by atoms with Crippen molar-refractivity contribution < 1.29 is 27.5 Å². The van der Waals surface area contributed by atoms with Gasteiger partial charge in [0.2, 0.25) is 11.8 Å². The highest BCUT2D eigenvalue weighted by molar-refractivity contribution is 8.00. The Balaban J connectivity index is 1.54. The zero-order valence-electron chi connectivity index (χ0n) is 17.5. The number of Topliss-reactive ketones (excluding diaryl/α,β-unsaturated/α-hetero) is 1. The van der Waals surface area contributed by atoms with Crippen molar-refractivity contribution in [3.05, 3.63) is 54.1 Å². The van der Waals surface area contributed by atoms with Crippen LogP contribution in [-0.4, -0.2) is 56.2 Å². The topological polar surface area (TPSA) is 131 Å². The number of hydrogen-bond acceptors (Lipinski definition) is 8. The number of hydrogen-bond donors (Lipinski definition) is 3. The van der Waals surface area contributed by atoms with Crippen molar-refractivity contribution in [3.63, 3.8) is 0 Å². The molecule has 9 nitrogen and oxygen atoms in total. The standard InChI is InChI=1S/C21H23N3O6S2/c1-13(25)14-4-3-5-15(10-14)23-19(26)12-31-21-22-11-18(20(27)24-21)32(28,29)17-8-6-16(30-2)7-9-17/h3-10,18,21-22H,11-12H2,1-2H3,(H,23,26)(H,24,27). The molecule has 2 atom stereocenters. The summed E-state index contributed by atoms with van der Waals surface area (Å²) in [6.07, 6.45) is 0. The Bertz CT molecular complexity index is 1120. The van der Waals surface area contributed by atoms with Crippen molar-refractivity contribution in [1.82, 2.24) is 10.6 Å². The molecule has 1 aliphatic heterocycles. The van der Waals surface area contributed by atoms with Crippen LogP contribution < -0.4 is 20.7 Å². The van der Waals surface area contributed by atoms with E-state index < -0.39 is 26.5 Å². The van der Waals surface area contributed by atoms with Crippen LogP contribution in [0.1, 0.15) is 17.3 Å². The number of carbonyl (C=O) groups excluding carboxylic acids is 3. The summed E-state index contributed by atoms with van der Waals surface area (Å²) < 4.78 is 30.6. The van der Waals surface area contributed by atoms with Gasteiger partial charge >= 0.3 is 0 Å². The van der Waals surface area contributed by atoms with Crippen LogP contribution in [0.5, 0.6) is 5.75 Å². The fourth-order valence-electron chi connectivity index (χ4n) is 3.03. The second kappa shape index (κ2) is 10.2. The molecule has 3 N–H and O–H groups in total. The van der Waals surface area contributed by atoms with E-state index in [1.165, 1.54) is 38.3 Å². The third kappa shape index (κ3) is 5.67. The highest BCUT2D eigenvalue weighted by Crippen LogP contribution is 2.22. The fraction of sp³-hybridized carbons (Fsp3) is 0.286. The molecule has 0 aromatic heterocycles. The van der Waals surface area contributed by atoms with E-state index in [1.54, 1.807) is 24.3 Å². The molecule has 0 bridgehead atoms. The van der Waals surface area contributed by atoms with Crippen LogP contribution in [0.15, 0.2) is 53.4 Å². The Morgan fingerprint density at radius 1 is 1.19 bits per heavy atom. The number of sulfone groups is 1. The molecule has 0 radical (unpaired) electrons. The first kappa shape index (κ1) is 23.8. The number of carbonyl (C=O) groups is 3. The SMILES string of the molecule is COc1ccc(S(=O)(=O)C2CNC(SCC(=O)Nc3cccc(C(C)=O)c3)NC2=O)cc1. The summed E-state index contributed by atoms with van der Waals surface area (Å²) in [7, 11) is -2.41. The molecule has 0 spiro atoms. The van der Waals surface area contributed by atoms with Gasteiger partial charge in [-0.1, -0.05) is 12.1 Å². The third-order valence-electron chi connectivity index (χ3n) is 4.75. The quantitative estimate of drug-likeness (QED) is 0.487. The number of methoxy groups -OCH3 is 1. The largest absolute Gasteiger partial charge is 0.497 e. The van der Waals surface area contributed by atoms with Gasteiger partial charge in [-0.2, -0.15) is 0 Å². The molecule has 32 heavy (non-hydrogen) atoms. The van der Waals surface area contributed by atoms with Gasteiger partial charge in [-0.25, -0.2) is 8.42 Å². The number of nitrogens with one attached hydrogen (secondary N) is 3. The Kier molecular flexibility index (Phi) is 7.54. The van der Waals surface area contributed by atoms with Crippen molar-refractivity contribution in [2.75, 3.05) is 24.7 Å². The zero-order valence-corrected chi connectivity index (χ0v) is 19.1. The summed E-state index contributed by atoms with van der Waals surface area (Å²) in [5.41, 5.74) is 0.370. The molecule has 2 aromatic rings. The molecule has 1 fully saturated rings. The molecule has 11 heteroatoms. The van der Waals surface area contributed by atoms with E-state index >= 15 is 0 Å². The molecule has 0 aliphatic carbocycles. The monoisotopic (exact) mass is 477 g/mol. The van der Waals surface area contributed by atoms with Gasteiger partial charge in [0.25, 0.3) is 0 Å². The van der Waals surface area contributed by atoms with Crippen molar-refractivity contribution >= 4 is 44.9 Å². The van der Waals surface area contributed by atoms with Crippen LogP contribution in [0, 0.1) is 0 Å². The summed E-state index contributed by atoms with van der Waals surface area (Å²) in [6, 6.07) is 12.4. The van der Waals surface area contributed by atoms with Gasteiger partial charge in [0.1, 0.15) is 11.2 Å². The molecule has 1 saturated heterocycles. The number of rotatable bonds is 8. The molecular weight excluding hydrogens is 454 g/mol. The first-order chi connectivity index (χ1) is 15.2. The van der Waals surface area contributed by atoms with Gasteiger partial charge in [-0.15, -0.1) is 11.8 Å². The molecule has 1 aliphatic rings. The number of amides is 2. The minimum atomic E-state index is -3.89. The molecule has 1 heterocycles. The lowest BCUT2D eigenvalue weighted by Crippen LogP contribution is -2.59. The van der Waals surface area contributed by atoms with Crippen LogP contribution in [0.3, 0.4) is 0 Å². The van der Waals surface area contributed by atoms with E-state index in [4.69, 9.17) is 4.74 Å². The van der Waals surface area contributed by atoms with Crippen molar-refractivity contribution in [2.45, 2.75) is 22.6 Å². The van der Waals surface area contributed by atoms with E-state index in [9.17, 15) is 22.8 Å². The molecule has 2 amide bonds. The molecule has 170 valence electrons.